The maximum absolute atomic E-state index is 12.9. The van der Waals surface area contributed by atoms with Crippen molar-refractivity contribution in [3.05, 3.63) is 77.1 Å². The Bertz CT molecular complexity index is 1070. The normalized spacial score (nSPS) is 14.5. The van der Waals surface area contributed by atoms with Gasteiger partial charge in [-0.3, -0.25) is 14.3 Å². The summed E-state index contributed by atoms with van der Waals surface area (Å²) in [5, 5.41) is 7.06. The molecule has 0 saturated carbocycles. The molecule has 0 spiro atoms. The first-order valence-electron chi connectivity index (χ1n) is 10.4. The van der Waals surface area contributed by atoms with E-state index >= 15 is 0 Å². The molecule has 8 nitrogen and oxygen atoms in total. The summed E-state index contributed by atoms with van der Waals surface area (Å²) in [4.78, 5) is 36.3. The van der Waals surface area contributed by atoms with Crippen molar-refractivity contribution in [1.82, 2.24) is 30.0 Å². The van der Waals surface area contributed by atoms with Crippen molar-refractivity contribution in [1.29, 1.82) is 0 Å². The number of nitrogens with one attached hydrogen (secondary N) is 1. The lowest BCUT2D eigenvalue weighted by atomic mass is 9.90. The second-order valence-corrected chi connectivity index (χ2v) is 7.85. The van der Waals surface area contributed by atoms with Crippen LogP contribution in [0.5, 0.6) is 0 Å². The number of hydrogen-bond donors (Lipinski definition) is 1. The number of likely N-dealkylation sites (tertiary alicyclic amines) is 1. The summed E-state index contributed by atoms with van der Waals surface area (Å²) >= 11 is 0. The van der Waals surface area contributed by atoms with Gasteiger partial charge in [-0.1, -0.05) is 18.2 Å². The molecule has 1 aromatic carbocycles. The Morgan fingerprint density at radius 1 is 1.13 bits per heavy atom. The molecule has 3 heterocycles. The number of benzene rings is 1. The quantitative estimate of drug-likeness (QED) is 0.687. The van der Waals surface area contributed by atoms with Crippen molar-refractivity contribution in [3.8, 4) is 0 Å². The maximum Gasteiger partial charge on any atom is 0.254 e. The smallest absolute Gasteiger partial charge is 0.254 e. The fourth-order valence-corrected chi connectivity index (χ4v) is 3.93. The average molecular weight is 419 g/mol. The summed E-state index contributed by atoms with van der Waals surface area (Å²) in [6, 6.07) is 9.33. The van der Waals surface area contributed by atoms with Crippen LogP contribution in [0.3, 0.4) is 0 Å². The summed E-state index contributed by atoms with van der Waals surface area (Å²) in [7, 11) is 1.84. The van der Waals surface area contributed by atoms with Crippen LogP contribution < -0.4 is 5.32 Å². The molecule has 0 aliphatic carbocycles. The van der Waals surface area contributed by atoms with Gasteiger partial charge in [0.2, 0.25) is 0 Å². The Balaban J connectivity index is 1.44. The number of carbonyl (C=O) groups is 2. The zero-order chi connectivity index (χ0) is 21.8. The molecule has 1 aliphatic heterocycles. The van der Waals surface area contributed by atoms with Crippen molar-refractivity contribution in [2.45, 2.75) is 32.2 Å². The zero-order valence-corrected chi connectivity index (χ0v) is 17.8. The van der Waals surface area contributed by atoms with E-state index in [9.17, 15) is 9.59 Å². The van der Waals surface area contributed by atoms with E-state index in [1.54, 1.807) is 17.1 Å². The number of carbonyl (C=O) groups excluding carboxylic acids is 2. The first kappa shape index (κ1) is 20.7. The van der Waals surface area contributed by atoms with Gasteiger partial charge in [-0.2, -0.15) is 5.10 Å². The third kappa shape index (κ3) is 4.79. The van der Waals surface area contributed by atoms with Crippen molar-refractivity contribution in [3.63, 3.8) is 0 Å². The number of hydrogen-bond acceptors (Lipinski definition) is 5. The van der Waals surface area contributed by atoms with E-state index in [4.69, 9.17) is 0 Å². The van der Waals surface area contributed by atoms with Crippen molar-refractivity contribution >= 4 is 11.8 Å². The molecule has 0 bridgehead atoms. The molecule has 0 atom stereocenters. The largest absolute Gasteiger partial charge is 0.348 e. The predicted octanol–water partition coefficient (Wildman–Crippen LogP) is 2.47. The molecule has 1 aliphatic rings. The van der Waals surface area contributed by atoms with Crippen LogP contribution in [0.1, 0.15) is 56.6 Å². The van der Waals surface area contributed by atoms with Crippen LogP contribution in [0.25, 0.3) is 0 Å². The number of aromatic nitrogens is 4. The summed E-state index contributed by atoms with van der Waals surface area (Å²) in [6.45, 7) is 3.50. The lowest BCUT2D eigenvalue weighted by Gasteiger charge is -2.32. The van der Waals surface area contributed by atoms with Crippen LogP contribution >= 0.6 is 0 Å². The van der Waals surface area contributed by atoms with E-state index in [0.29, 0.717) is 36.6 Å². The lowest BCUT2D eigenvalue weighted by Crippen LogP contribution is -2.38. The van der Waals surface area contributed by atoms with Crippen LogP contribution in [-0.2, 0) is 13.6 Å². The molecule has 0 unspecified atom stereocenters. The lowest BCUT2D eigenvalue weighted by molar-refractivity contribution is 0.0710. The van der Waals surface area contributed by atoms with Gasteiger partial charge in [0, 0.05) is 56.1 Å². The van der Waals surface area contributed by atoms with Crippen molar-refractivity contribution in [2.75, 3.05) is 13.1 Å². The fraction of sp³-hybridized carbons (Fsp3) is 0.348. The Morgan fingerprint density at radius 2 is 1.87 bits per heavy atom. The topological polar surface area (TPSA) is 93.0 Å². The molecule has 0 radical (unpaired) electrons. The number of amides is 2. The molecule has 2 aromatic heterocycles. The minimum Gasteiger partial charge on any atom is -0.348 e. The highest BCUT2D eigenvalue weighted by atomic mass is 16.2. The first-order chi connectivity index (χ1) is 15.0. The van der Waals surface area contributed by atoms with Gasteiger partial charge < -0.3 is 10.2 Å². The SMILES string of the molecule is Cc1ncc(C(=O)NCc2cnn(C)c2)c(C2CCN(C(=O)c3ccccc3)CC2)n1. The van der Waals surface area contributed by atoms with E-state index in [-0.39, 0.29) is 17.7 Å². The fourth-order valence-electron chi connectivity index (χ4n) is 3.93. The Hall–Kier alpha value is -3.55. The molecule has 1 fully saturated rings. The second kappa shape index (κ2) is 9.07. The van der Waals surface area contributed by atoms with Gasteiger partial charge in [-0.05, 0) is 31.9 Å². The van der Waals surface area contributed by atoms with Gasteiger partial charge in [0.1, 0.15) is 5.82 Å². The van der Waals surface area contributed by atoms with Crippen LogP contribution in [0.2, 0.25) is 0 Å². The molecule has 2 amide bonds. The van der Waals surface area contributed by atoms with E-state index in [1.807, 2.05) is 55.4 Å². The van der Waals surface area contributed by atoms with E-state index in [0.717, 1.165) is 24.1 Å². The number of nitrogens with zero attached hydrogens (tertiary/aromatic N) is 5. The predicted molar refractivity (Wildman–Crippen MR) is 115 cm³/mol. The third-order valence-corrected chi connectivity index (χ3v) is 5.58. The maximum atomic E-state index is 12.9. The Labute approximate surface area is 181 Å². The summed E-state index contributed by atoms with van der Waals surface area (Å²) in [6.07, 6.45) is 6.73. The monoisotopic (exact) mass is 418 g/mol. The van der Waals surface area contributed by atoms with Gasteiger partial charge >= 0.3 is 0 Å². The van der Waals surface area contributed by atoms with Crippen LogP contribution in [0.15, 0.2) is 48.9 Å². The molecular formula is C23H26N6O2. The number of aryl methyl sites for hydroxylation is 2. The molecular weight excluding hydrogens is 392 g/mol. The van der Waals surface area contributed by atoms with Crippen LogP contribution in [-0.4, -0.2) is 49.6 Å². The minimum absolute atomic E-state index is 0.0485. The van der Waals surface area contributed by atoms with Gasteiger partial charge in [-0.25, -0.2) is 9.97 Å². The van der Waals surface area contributed by atoms with Gasteiger partial charge in [0.15, 0.2) is 0 Å². The molecule has 4 rings (SSSR count). The van der Waals surface area contributed by atoms with E-state index in [2.05, 4.69) is 20.4 Å². The van der Waals surface area contributed by atoms with Gasteiger partial charge in [-0.15, -0.1) is 0 Å². The Morgan fingerprint density at radius 3 is 2.55 bits per heavy atom. The van der Waals surface area contributed by atoms with Crippen LogP contribution in [0, 0.1) is 6.92 Å². The van der Waals surface area contributed by atoms with Gasteiger partial charge in [0.25, 0.3) is 11.8 Å². The van der Waals surface area contributed by atoms with Crippen LogP contribution in [0.4, 0.5) is 0 Å². The summed E-state index contributed by atoms with van der Waals surface area (Å²) in [5.74, 6) is 0.608. The molecule has 1 saturated heterocycles. The molecule has 8 heteroatoms. The second-order valence-electron chi connectivity index (χ2n) is 7.85. The summed E-state index contributed by atoms with van der Waals surface area (Å²) < 4.78 is 1.70. The highest BCUT2D eigenvalue weighted by Gasteiger charge is 2.28. The number of piperidine rings is 1. The van der Waals surface area contributed by atoms with E-state index < -0.39 is 0 Å². The standard InChI is InChI=1S/C23H26N6O2/c1-16-24-14-20(22(30)25-12-17-13-26-28(2)15-17)21(27-16)18-8-10-29(11-9-18)23(31)19-6-4-3-5-7-19/h3-7,13-15,18H,8-12H2,1-2H3,(H,25,30). The Kier molecular flexibility index (Phi) is 6.06. The van der Waals surface area contributed by atoms with E-state index in [1.165, 1.54) is 0 Å². The van der Waals surface area contributed by atoms with Crippen molar-refractivity contribution < 1.29 is 9.59 Å². The molecule has 31 heavy (non-hydrogen) atoms. The molecule has 160 valence electrons. The highest BCUT2D eigenvalue weighted by molar-refractivity contribution is 5.95. The third-order valence-electron chi connectivity index (χ3n) is 5.58. The first-order valence-corrected chi connectivity index (χ1v) is 10.4. The summed E-state index contributed by atoms with van der Waals surface area (Å²) in [5.41, 5.74) is 2.90. The molecule has 3 aromatic rings. The zero-order valence-electron chi connectivity index (χ0n) is 17.8. The van der Waals surface area contributed by atoms with Gasteiger partial charge in [0.05, 0.1) is 17.5 Å². The van der Waals surface area contributed by atoms with Crippen molar-refractivity contribution in [2.24, 2.45) is 7.05 Å². The highest BCUT2D eigenvalue weighted by Crippen LogP contribution is 2.29. The average Bonchev–Trinajstić information content (AvgIpc) is 3.22. The minimum atomic E-state index is -0.193. The number of rotatable bonds is 5. The molecule has 1 N–H and O–H groups in total.